The van der Waals surface area contributed by atoms with Gasteiger partial charge in [-0.2, -0.15) is 0 Å². The second-order valence-corrected chi connectivity index (χ2v) is 5.88. The highest BCUT2D eigenvalue weighted by Gasteiger charge is 2.22. The van der Waals surface area contributed by atoms with Crippen molar-refractivity contribution in [2.24, 2.45) is 11.7 Å². The first-order valence-corrected chi connectivity index (χ1v) is 7.77. The molecule has 2 aromatic heterocycles. The number of amides is 1. The van der Waals surface area contributed by atoms with Gasteiger partial charge in [-0.05, 0) is 44.2 Å². The number of nitrogens with zero attached hydrogens (tertiary/aromatic N) is 5. The van der Waals surface area contributed by atoms with Gasteiger partial charge in [0.1, 0.15) is 23.7 Å². The number of primary amides is 1. The summed E-state index contributed by atoms with van der Waals surface area (Å²) in [4.78, 5) is 30.3. The van der Waals surface area contributed by atoms with Crippen molar-refractivity contribution < 1.29 is 4.79 Å². The normalized spacial score (nSPS) is 18.0. The van der Waals surface area contributed by atoms with E-state index < -0.39 is 5.91 Å². The molecule has 1 fully saturated rings. The zero-order valence-electron chi connectivity index (χ0n) is 13.1. The molecule has 2 N–H and O–H groups in total. The van der Waals surface area contributed by atoms with E-state index in [1.165, 1.54) is 6.33 Å². The Bertz CT molecular complexity index is 704. The first-order chi connectivity index (χ1) is 11.1. The molecule has 7 nitrogen and oxygen atoms in total. The number of aromatic nitrogens is 4. The van der Waals surface area contributed by atoms with Gasteiger partial charge in [-0.3, -0.25) is 4.79 Å². The highest BCUT2D eigenvalue weighted by Crippen LogP contribution is 2.23. The van der Waals surface area contributed by atoms with Crippen molar-refractivity contribution in [3.05, 3.63) is 41.9 Å². The topological polar surface area (TPSA) is 97.9 Å². The minimum atomic E-state index is -0.518. The van der Waals surface area contributed by atoms with Crippen LogP contribution in [0.25, 0.3) is 0 Å². The van der Waals surface area contributed by atoms with E-state index in [0.29, 0.717) is 5.92 Å². The average molecular weight is 312 g/mol. The third-order valence-corrected chi connectivity index (χ3v) is 4.08. The Balaban J connectivity index is 1.69. The molecule has 0 saturated carbocycles. The van der Waals surface area contributed by atoms with E-state index in [9.17, 15) is 4.79 Å². The summed E-state index contributed by atoms with van der Waals surface area (Å²) >= 11 is 0. The molecule has 0 spiro atoms. The molecule has 0 aliphatic carbocycles. The fourth-order valence-electron chi connectivity index (χ4n) is 3.00. The summed E-state index contributed by atoms with van der Waals surface area (Å²) in [6.07, 6.45) is 6.26. The molecular formula is C16H20N6O. The summed E-state index contributed by atoms with van der Waals surface area (Å²) in [6.45, 7) is 3.83. The van der Waals surface area contributed by atoms with Gasteiger partial charge in [-0.15, -0.1) is 0 Å². The quantitative estimate of drug-likeness (QED) is 0.909. The molecule has 1 aliphatic heterocycles. The van der Waals surface area contributed by atoms with Crippen molar-refractivity contribution in [1.29, 1.82) is 0 Å². The lowest BCUT2D eigenvalue weighted by Crippen LogP contribution is -2.37. The first-order valence-electron chi connectivity index (χ1n) is 7.77. The van der Waals surface area contributed by atoms with Crippen LogP contribution in [0.1, 0.15) is 34.8 Å². The van der Waals surface area contributed by atoms with Gasteiger partial charge in [0.05, 0.1) is 0 Å². The Morgan fingerprint density at radius 3 is 3.04 bits per heavy atom. The van der Waals surface area contributed by atoms with Crippen LogP contribution < -0.4 is 10.6 Å². The molecule has 7 heteroatoms. The maximum absolute atomic E-state index is 11.2. The van der Waals surface area contributed by atoms with Crippen molar-refractivity contribution in [1.82, 2.24) is 19.9 Å². The van der Waals surface area contributed by atoms with Crippen LogP contribution in [0.3, 0.4) is 0 Å². The van der Waals surface area contributed by atoms with Gasteiger partial charge in [0.15, 0.2) is 0 Å². The SMILES string of the molecule is Cc1nccc(N2CCCC(Cc3cc(C(N)=O)ncn3)C2)n1. The second-order valence-electron chi connectivity index (χ2n) is 5.88. The van der Waals surface area contributed by atoms with E-state index in [4.69, 9.17) is 5.73 Å². The fourth-order valence-corrected chi connectivity index (χ4v) is 3.00. The van der Waals surface area contributed by atoms with E-state index in [2.05, 4.69) is 24.8 Å². The third kappa shape index (κ3) is 3.80. The summed E-state index contributed by atoms with van der Waals surface area (Å²) in [6, 6.07) is 3.64. The maximum atomic E-state index is 11.2. The Morgan fingerprint density at radius 1 is 1.39 bits per heavy atom. The monoisotopic (exact) mass is 312 g/mol. The van der Waals surface area contributed by atoms with E-state index in [1.54, 1.807) is 12.3 Å². The number of nitrogens with two attached hydrogens (primary N) is 1. The van der Waals surface area contributed by atoms with Crippen molar-refractivity contribution >= 4 is 11.7 Å². The molecule has 1 amide bonds. The Morgan fingerprint density at radius 2 is 2.26 bits per heavy atom. The number of piperidine rings is 1. The average Bonchev–Trinajstić information content (AvgIpc) is 2.55. The number of hydrogen-bond donors (Lipinski definition) is 1. The molecule has 23 heavy (non-hydrogen) atoms. The van der Waals surface area contributed by atoms with E-state index in [1.807, 2.05) is 13.0 Å². The largest absolute Gasteiger partial charge is 0.364 e. The molecule has 1 unspecified atom stereocenters. The van der Waals surface area contributed by atoms with Gasteiger partial charge >= 0.3 is 0 Å². The number of anilines is 1. The van der Waals surface area contributed by atoms with E-state index in [-0.39, 0.29) is 5.69 Å². The van der Waals surface area contributed by atoms with Crippen LogP contribution in [0.15, 0.2) is 24.7 Å². The Labute approximate surface area is 135 Å². The lowest BCUT2D eigenvalue weighted by molar-refractivity contribution is 0.0995. The van der Waals surface area contributed by atoms with E-state index >= 15 is 0 Å². The molecular weight excluding hydrogens is 292 g/mol. The molecule has 1 aliphatic rings. The zero-order chi connectivity index (χ0) is 16.2. The number of carbonyl (C=O) groups is 1. The van der Waals surface area contributed by atoms with Crippen molar-refractivity contribution in [3.63, 3.8) is 0 Å². The van der Waals surface area contributed by atoms with Gasteiger partial charge < -0.3 is 10.6 Å². The van der Waals surface area contributed by atoms with Gasteiger partial charge in [-0.1, -0.05) is 0 Å². The lowest BCUT2D eigenvalue weighted by Gasteiger charge is -2.33. The summed E-state index contributed by atoms with van der Waals surface area (Å²) in [5, 5.41) is 0. The van der Waals surface area contributed by atoms with Crippen LogP contribution in [0.2, 0.25) is 0 Å². The van der Waals surface area contributed by atoms with Gasteiger partial charge in [-0.25, -0.2) is 19.9 Å². The second kappa shape index (κ2) is 6.68. The molecule has 0 bridgehead atoms. The highest BCUT2D eigenvalue weighted by atomic mass is 16.1. The van der Waals surface area contributed by atoms with Crippen molar-refractivity contribution in [2.45, 2.75) is 26.2 Å². The molecule has 0 radical (unpaired) electrons. The number of aryl methyl sites for hydroxylation is 1. The smallest absolute Gasteiger partial charge is 0.267 e. The number of rotatable bonds is 4. The van der Waals surface area contributed by atoms with Gasteiger partial charge in [0, 0.05) is 25.0 Å². The van der Waals surface area contributed by atoms with Crippen LogP contribution >= 0.6 is 0 Å². The van der Waals surface area contributed by atoms with Crippen LogP contribution in [0.4, 0.5) is 5.82 Å². The zero-order valence-corrected chi connectivity index (χ0v) is 13.1. The molecule has 3 heterocycles. The predicted octanol–water partition coefficient (Wildman–Crippen LogP) is 1.13. The molecule has 120 valence electrons. The fraction of sp³-hybridized carbons (Fsp3) is 0.438. The third-order valence-electron chi connectivity index (χ3n) is 4.08. The molecule has 3 rings (SSSR count). The van der Waals surface area contributed by atoms with Crippen LogP contribution in [0, 0.1) is 12.8 Å². The maximum Gasteiger partial charge on any atom is 0.267 e. The number of carbonyl (C=O) groups excluding carboxylic acids is 1. The van der Waals surface area contributed by atoms with Crippen LogP contribution in [0.5, 0.6) is 0 Å². The van der Waals surface area contributed by atoms with Gasteiger partial charge in [0.25, 0.3) is 5.91 Å². The minimum Gasteiger partial charge on any atom is -0.364 e. The minimum absolute atomic E-state index is 0.272. The number of hydrogen-bond acceptors (Lipinski definition) is 6. The summed E-state index contributed by atoms with van der Waals surface area (Å²) < 4.78 is 0. The summed E-state index contributed by atoms with van der Waals surface area (Å²) in [5.41, 5.74) is 6.41. The first kappa shape index (κ1) is 15.3. The van der Waals surface area contributed by atoms with Crippen LogP contribution in [-0.2, 0) is 6.42 Å². The Kier molecular flexibility index (Phi) is 4.45. The Hall–Kier alpha value is -2.57. The summed E-state index contributed by atoms with van der Waals surface area (Å²) in [7, 11) is 0. The van der Waals surface area contributed by atoms with Gasteiger partial charge in [0.2, 0.25) is 0 Å². The summed E-state index contributed by atoms with van der Waals surface area (Å²) in [5.74, 6) is 1.71. The van der Waals surface area contributed by atoms with Crippen molar-refractivity contribution in [2.75, 3.05) is 18.0 Å². The molecule has 1 saturated heterocycles. The molecule has 1 atom stereocenters. The highest BCUT2D eigenvalue weighted by molar-refractivity contribution is 5.90. The predicted molar refractivity (Wildman–Crippen MR) is 86.0 cm³/mol. The van der Waals surface area contributed by atoms with Crippen LogP contribution in [-0.4, -0.2) is 38.9 Å². The molecule has 2 aromatic rings. The van der Waals surface area contributed by atoms with Crippen molar-refractivity contribution in [3.8, 4) is 0 Å². The molecule has 0 aromatic carbocycles. The lowest BCUT2D eigenvalue weighted by atomic mass is 9.93. The standard InChI is InChI=1S/C16H20N6O/c1-11-18-5-4-15(21-11)22-6-2-3-12(9-22)7-13-8-14(16(17)23)20-10-19-13/h4-5,8,10,12H,2-3,6-7,9H2,1H3,(H2,17,23). The van der Waals surface area contributed by atoms with E-state index in [0.717, 1.165) is 49.7 Å².